The van der Waals surface area contributed by atoms with Crippen LogP contribution in [0, 0.1) is 19.7 Å². The van der Waals surface area contributed by atoms with Crippen molar-refractivity contribution in [3.63, 3.8) is 0 Å². The maximum absolute atomic E-state index is 13.1. The molecule has 2 aromatic heterocycles. The summed E-state index contributed by atoms with van der Waals surface area (Å²) in [4.78, 5) is 12.6. The van der Waals surface area contributed by atoms with E-state index in [9.17, 15) is 9.18 Å². The number of aryl methyl sites for hydroxylation is 1. The summed E-state index contributed by atoms with van der Waals surface area (Å²) in [6.07, 6.45) is -0.646. The Hall–Kier alpha value is -3.81. The molecule has 0 saturated heterocycles. The second-order valence-corrected chi connectivity index (χ2v) is 7.16. The topological polar surface area (TPSA) is 83.0 Å². The van der Waals surface area contributed by atoms with Crippen LogP contribution in [0.1, 0.15) is 35.9 Å². The van der Waals surface area contributed by atoms with Crippen molar-refractivity contribution in [3.05, 3.63) is 83.3 Å². The number of para-hydroxylation sites is 1. The van der Waals surface area contributed by atoms with Crippen molar-refractivity contribution in [2.75, 3.05) is 0 Å². The number of esters is 1. The Morgan fingerprint density at radius 3 is 2.52 bits per heavy atom. The van der Waals surface area contributed by atoms with Crippen molar-refractivity contribution in [3.8, 4) is 17.1 Å². The standard InChI is InChI=1S/C23H21FN4O3/c1-14-20(15(2)28(27-14)19-7-5-4-6-8-19)13-21(29)30-16(3)22-25-26-23(31-22)17-9-11-18(24)12-10-17/h4-12,16H,13H2,1-3H3/t16-/m0/s1. The Kier molecular flexibility index (Phi) is 5.62. The Morgan fingerprint density at radius 1 is 1.10 bits per heavy atom. The summed E-state index contributed by atoms with van der Waals surface area (Å²) in [5, 5.41) is 12.5. The summed E-state index contributed by atoms with van der Waals surface area (Å²) in [6.45, 7) is 5.45. The van der Waals surface area contributed by atoms with Crippen molar-refractivity contribution >= 4 is 5.97 Å². The van der Waals surface area contributed by atoms with E-state index in [4.69, 9.17) is 9.15 Å². The van der Waals surface area contributed by atoms with Crippen molar-refractivity contribution in [2.24, 2.45) is 0 Å². The van der Waals surface area contributed by atoms with E-state index in [1.165, 1.54) is 12.1 Å². The number of hydrogen-bond acceptors (Lipinski definition) is 6. The summed E-state index contributed by atoms with van der Waals surface area (Å²) in [5.74, 6) is -0.380. The first-order valence-electron chi connectivity index (χ1n) is 9.81. The number of rotatable bonds is 6. The Morgan fingerprint density at radius 2 is 1.81 bits per heavy atom. The van der Waals surface area contributed by atoms with Crippen LogP contribution in [0.5, 0.6) is 0 Å². The zero-order chi connectivity index (χ0) is 22.0. The number of aromatic nitrogens is 4. The molecule has 158 valence electrons. The number of nitrogens with zero attached hydrogens (tertiary/aromatic N) is 4. The summed E-state index contributed by atoms with van der Waals surface area (Å²) in [7, 11) is 0. The molecular weight excluding hydrogens is 399 g/mol. The van der Waals surface area contributed by atoms with E-state index >= 15 is 0 Å². The number of hydrogen-bond donors (Lipinski definition) is 0. The third-order valence-corrected chi connectivity index (χ3v) is 4.95. The van der Waals surface area contributed by atoms with Gasteiger partial charge in [-0.3, -0.25) is 4.79 Å². The highest BCUT2D eigenvalue weighted by Crippen LogP contribution is 2.24. The Labute approximate surface area is 178 Å². The first kappa shape index (κ1) is 20.5. The first-order chi connectivity index (χ1) is 14.9. The van der Waals surface area contributed by atoms with Gasteiger partial charge in [0.25, 0.3) is 5.89 Å². The lowest BCUT2D eigenvalue weighted by Gasteiger charge is -2.10. The number of carbonyl (C=O) groups excluding carboxylic acids is 1. The van der Waals surface area contributed by atoms with Gasteiger partial charge in [0.15, 0.2) is 6.10 Å². The fourth-order valence-corrected chi connectivity index (χ4v) is 3.29. The summed E-state index contributed by atoms with van der Waals surface area (Å²) >= 11 is 0. The normalized spacial score (nSPS) is 12.0. The minimum atomic E-state index is -0.723. The molecule has 0 radical (unpaired) electrons. The molecule has 4 rings (SSSR count). The number of carbonyl (C=O) groups is 1. The van der Waals surface area contributed by atoms with Gasteiger partial charge in [0.2, 0.25) is 5.89 Å². The molecule has 0 aliphatic carbocycles. The van der Waals surface area contributed by atoms with E-state index in [2.05, 4.69) is 15.3 Å². The molecule has 1 atom stereocenters. The minimum Gasteiger partial charge on any atom is -0.452 e. The molecule has 0 unspecified atom stereocenters. The molecule has 0 N–H and O–H groups in total. The van der Waals surface area contributed by atoms with Crippen molar-refractivity contribution in [2.45, 2.75) is 33.3 Å². The SMILES string of the molecule is Cc1nn(-c2ccccc2)c(C)c1CC(=O)O[C@@H](C)c1nnc(-c2ccc(F)cc2)o1. The molecular formula is C23H21FN4O3. The minimum absolute atomic E-state index is 0.0772. The zero-order valence-electron chi connectivity index (χ0n) is 17.4. The zero-order valence-corrected chi connectivity index (χ0v) is 17.4. The maximum Gasteiger partial charge on any atom is 0.311 e. The monoisotopic (exact) mass is 420 g/mol. The van der Waals surface area contributed by atoms with Crippen LogP contribution in [0.15, 0.2) is 59.0 Å². The molecule has 8 heteroatoms. The van der Waals surface area contributed by atoms with Gasteiger partial charge >= 0.3 is 5.97 Å². The number of ether oxygens (including phenoxy) is 1. The van der Waals surface area contributed by atoms with Crippen LogP contribution in [0.2, 0.25) is 0 Å². The lowest BCUT2D eigenvalue weighted by molar-refractivity contribution is -0.148. The van der Waals surface area contributed by atoms with E-state index in [1.54, 1.807) is 19.1 Å². The maximum atomic E-state index is 13.1. The van der Waals surface area contributed by atoms with Gasteiger partial charge in [-0.2, -0.15) is 5.10 Å². The average Bonchev–Trinajstić information content (AvgIpc) is 3.36. The molecule has 0 spiro atoms. The molecule has 0 saturated carbocycles. The number of halogens is 1. The molecule has 0 bridgehead atoms. The highest BCUT2D eigenvalue weighted by atomic mass is 19.1. The molecule has 4 aromatic rings. The molecule has 0 aliphatic rings. The lowest BCUT2D eigenvalue weighted by atomic mass is 10.1. The van der Waals surface area contributed by atoms with Gasteiger partial charge in [-0.15, -0.1) is 10.2 Å². The average molecular weight is 420 g/mol. The summed E-state index contributed by atoms with van der Waals surface area (Å²) < 4.78 is 26.0. The fourth-order valence-electron chi connectivity index (χ4n) is 3.29. The van der Waals surface area contributed by atoms with E-state index in [1.807, 2.05) is 48.9 Å². The van der Waals surface area contributed by atoms with E-state index in [-0.39, 0.29) is 24.0 Å². The third kappa shape index (κ3) is 4.37. The van der Waals surface area contributed by atoms with Crippen LogP contribution in [0.3, 0.4) is 0 Å². The van der Waals surface area contributed by atoms with Gasteiger partial charge in [-0.25, -0.2) is 9.07 Å². The summed E-state index contributed by atoms with van der Waals surface area (Å²) in [6, 6.07) is 15.4. The Balaban J connectivity index is 1.45. The van der Waals surface area contributed by atoms with Crippen molar-refractivity contribution in [1.29, 1.82) is 0 Å². The fraction of sp³-hybridized carbons (Fsp3) is 0.217. The smallest absolute Gasteiger partial charge is 0.311 e. The molecule has 2 aromatic carbocycles. The van der Waals surface area contributed by atoms with E-state index in [0.717, 1.165) is 22.6 Å². The van der Waals surface area contributed by atoms with Gasteiger partial charge in [-0.1, -0.05) is 18.2 Å². The van der Waals surface area contributed by atoms with Gasteiger partial charge in [-0.05, 0) is 57.2 Å². The molecule has 0 aliphatic heterocycles. The molecule has 0 fully saturated rings. The van der Waals surface area contributed by atoms with Crippen LogP contribution >= 0.6 is 0 Å². The molecule has 7 nitrogen and oxygen atoms in total. The molecule has 2 heterocycles. The van der Waals surface area contributed by atoms with Crippen LogP contribution in [-0.4, -0.2) is 25.9 Å². The van der Waals surface area contributed by atoms with Gasteiger partial charge in [0.1, 0.15) is 5.82 Å². The quantitative estimate of drug-likeness (QED) is 0.426. The van der Waals surface area contributed by atoms with Gasteiger partial charge in [0, 0.05) is 16.8 Å². The van der Waals surface area contributed by atoms with Crippen LogP contribution in [-0.2, 0) is 16.0 Å². The largest absolute Gasteiger partial charge is 0.452 e. The van der Waals surface area contributed by atoms with Crippen LogP contribution in [0.25, 0.3) is 17.1 Å². The second-order valence-electron chi connectivity index (χ2n) is 7.16. The predicted molar refractivity (Wildman–Crippen MR) is 111 cm³/mol. The van der Waals surface area contributed by atoms with Gasteiger partial charge in [0.05, 0.1) is 17.8 Å². The van der Waals surface area contributed by atoms with Crippen LogP contribution in [0.4, 0.5) is 4.39 Å². The summed E-state index contributed by atoms with van der Waals surface area (Å²) in [5.41, 5.74) is 3.97. The van der Waals surface area contributed by atoms with Gasteiger partial charge < -0.3 is 9.15 Å². The first-order valence-corrected chi connectivity index (χ1v) is 9.81. The van der Waals surface area contributed by atoms with E-state index < -0.39 is 12.1 Å². The predicted octanol–water partition coefficient (Wildman–Crippen LogP) is 4.53. The van der Waals surface area contributed by atoms with Crippen molar-refractivity contribution < 1.29 is 18.3 Å². The lowest BCUT2D eigenvalue weighted by Crippen LogP contribution is -2.12. The Bertz CT molecular complexity index is 1200. The van der Waals surface area contributed by atoms with E-state index in [0.29, 0.717) is 5.56 Å². The molecule has 0 amide bonds. The molecule has 31 heavy (non-hydrogen) atoms. The third-order valence-electron chi connectivity index (χ3n) is 4.95. The van der Waals surface area contributed by atoms with Crippen molar-refractivity contribution in [1.82, 2.24) is 20.0 Å². The second kappa shape index (κ2) is 8.51. The highest BCUT2D eigenvalue weighted by molar-refractivity contribution is 5.73. The highest BCUT2D eigenvalue weighted by Gasteiger charge is 2.22. The number of benzene rings is 2. The van der Waals surface area contributed by atoms with Crippen LogP contribution < -0.4 is 0 Å².